The van der Waals surface area contributed by atoms with Crippen LogP contribution in [0.25, 0.3) is 0 Å². The van der Waals surface area contributed by atoms with Crippen LogP contribution >= 0.6 is 14.9 Å². The van der Waals surface area contributed by atoms with Gasteiger partial charge in [-0.25, -0.2) is 4.79 Å². The maximum Gasteiger partial charge on any atom is 0.514 e. The molecule has 186 valence electrons. The van der Waals surface area contributed by atoms with Crippen molar-refractivity contribution in [1.29, 1.82) is 0 Å². The zero-order valence-corrected chi connectivity index (χ0v) is 20.9. The molecule has 11 nitrogen and oxygen atoms in total. The number of rotatable bonds is 5. The summed E-state index contributed by atoms with van der Waals surface area (Å²) in [5, 5.41) is 8.37. The number of aromatic nitrogens is 1. The predicted octanol–water partition coefficient (Wildman–Crippen LogP) is 3.80. The van der Waals surface area contributed by atoms with Crippen molar-refractivity contribution in [2.24, 2.45) is 0 Å². The van der Waals surface area contributed by atoms with Gasteiger partial charge in [0.15, 0.2) is 7.34 Å². The van der Waals surface area contributed by atoms with E-state index >= 15 is 0 Å². The number of carbonyl (C=O) groups is 1. The SMILES string of the molecule is C=P1(O)OC(c2cc(OC)ccc2OC(=O)OC(C)(C)C)OP(=O)(O)C1(O)Cc1cccnc1. The first-order valence-electron chi connectivity index (χ1n) is 10.0. The Morgan fingerprint density at radius 1 is 1.26 bits per heavy atom. The molecule has 2 aromatic rings. The number of hydrogen-bond donors (Lipinski definition) is 3. The van der Waals surface area contributed by atoms with Gasteiger partial charge in [0.25, 0.3) is 0 Å². The van der Waals surface area contributed by atoms with Crippen molar-refractivity contribution in [2.75, 3.05) is 7.11 Å². The predicted molar refractivity (Wildman–Crippen MR) is 124 cm³/mol. The summed E-state index contributed by atoms with van der Waals surface area (Å²) >= 11 is 0. The van der Waals surface area contributed by atoms with Crippen LogP contribution in [0.5, 0.6) is 11.5 Å². The van der Waals surface area contributed by atoms with Gasteiger partial charge in [-0.15, -0.1) is 0 Å². The molecule has 0 spiro atoms. The number of ether oxygens (including phenoxy) is 3. The van der Waals surface area contributed by atoms with Gasteiger partial charge >= 0.3 is 13.8 Å². The molecule has 0 radical (unpaired) electrons. The van der Waals surface area contributed by atoms with Gasteiger partial charge in [-0.3, -0.25) is 18.6 Å². The van der Waals surface area contributed by atoms with E-state index in [0.29, 0.717) is 5.56 Å². The van der Waals surface area contributed by atoms with Crippen molar-refractivity contribution in [3.8, 4) is 11.5 Å². The third-order valence-electron chi connectivity index (χ3n) is 4.74. The van der Waals surface area contributed by atoms with Crippen LogP contribution in [-0.2, 0) is 24.8 Å². The Bertz CT molecular complexity index is 1120. The molecule has 1 aromatic heterocycles. The third-order valence-corrected chi connectivity index (χ3v) is 9.79. The first-order valence-corrected chi connectivity index (χ1v) is 13.5. The van der Waals surface area contributed by atoms with Crippen LogP contribution in [0, 0.1) is 0 Å². The second-order valence-electron chi connectivity index (χ2n) is 8.55. The number of hydrogen-bond acceptors (Lipinski definition) is 10. The van der Waals surface area contributed by atoms with Crippen LogP contribution < -0.4 is 9.47 Å². The molecule has 4 unspecified atom stereocenters. The number of nitrogens with zero attached hydrogens (tertiary/aromatic N) is 1. The maximum absolute atomic E-state index is 13.2. The first kappa shape index (κ1) is 26.4. The molecule has 1 aliphatic rings. The lowest BCUT2D eigenvalue weighted by molar-refractivity contribution is -0.0488. The number of benzene rings is 1. The van der Waals surface area contributed by atoms with E-state index in [1.807, 2.05) is 0 Å². The van der Waals surface area contributed by atoms with Gasteiger partial charge in [0.05, 0.1) is 12.7 Å². The Hall–Kier alpha value is -2.23. The summed E-state index contributed by atoms with van der Waals surface area (Å²) < 4.78 is 39.6. The molecule has 1 aromatic carbocycles. The highest BCUT2D eigenvalue weighted by Crippen LogP contribution is 2.79. The van der Waals surface area contributed by atoms with Crippen LogP contribution in [0.2, 0.25) is 0 Å². The van der Waals surface area contributed by atoms with Crippen molar-refractivity contribution in [3.05, 3.63) is 53.9 Å². The van der Waals surface area contributed by atoms with Crippen molar-refractivity contribution in [1.82, 2.24) is 4.98 Å². The van der Waals surface area contributed by atoms with E-state index in [2.05, 4.69) is 11.3 Å². The second kappa shape index (κ2) is 9.43. The van der Waals surface area contributed by atoms with E-state index in [1.165, 1.54) is 37.7 Å². The molecule has 13 heteroatoms. The summed E-state index contributed by atoms with van der Waals surface area (Å²) in [5.74, 6) is 0.131. The fourth-order valence-electron chi connectivity index (χ4n) is 3.08. The maximum atomic E-state index is 13.2. The molecule has 1 aliphatic heterocycles. The summed E-state index contributed by atoms with van der Waals surface area (Å²) in [6.45, 7) is 4.94. The van der Waals surface area contributed by atoms with Gasteiger partial charge in [-0.2, -0.15) is 0 Å². The number of pyridine rings is 1. The standard InChI is InChI=1S/C21H27NO10P2/c1-20(2,3)30-19(23)29-17-9-8-15(28-4)11-16(17)18-31-33(5,25)21(24,34(26,27)32-18)12-14-7-6-10-22-13-14/h6-11,13,18,24-25H,5,12H2,1-4H3,(H,26,27). The molecule has 4 atom stereocenters. The number of aliphatic hydroxyl groups is 1. The molecule has 1 fully saturated rings. The summed E-state index contributed by atoms with van der Waals surface area (Å²) in [6.07, 6.45) is 3.09. The molecule has 34 heavy (non-hydrogen) atoms. The monoisotopic (exact) mass is 515 g/mol. The largest absolute Gasteiger partial charge is 0.514 e. The van der Waals surface area contributed by atoms with Gasteiger partial charge in [0.1, 0.15) is 17.1 Å². The Balaban J connectivity index is 1.98. The van der Waals surface area contributed by atoms with E-state index in [9.17, 15) is 24.3 Å². The molecule has 2 heterocycles. The smallest absolute Gasteiger partial charge is 0.497 e. The summed E-state index contributed by atoms with van der Waals surface area (Å²) in [5.41, 5.74) is -0.558. The Morgan fingerprint density at radius 3 is 2.53 bits per heavy atom. The minimum atomic E-state index is -5.00. The van der Waals surface area contributed by atoms with Crippen molar-refractivity contribution >= 4 is 27.4 Å². The molecule has 0 saturated carbocycles. The van der Waals surface area contributed by atoms with Gasteiger partial charge in [0.2, 0.25) is 11.4 Å². The first-order chi connectivity index (χ1) is 15.7. The topological polar surface area (TPSA) is 154 Å². The highest BCUT2D eigenvalue weighted by Gasteiger charge is 2.62. The Kier molecular flexibility index (Phi) is 7.32. The Morgan fingerprint density at radius 2 is 1.97 bits per heavy atom. The lowest BCUT2D eigenvalue weighted by atomic mass is 10.2. The normalized spacial score (nSPS) is 29.3. The molecule has 0 amide bonds. The van der Waals surface area contributed by atoms with Crippen LogP contribution in [0.15, 0.2) is 42.7 Å². The third kappa shape index (κ3) is 5.53. The zero-order chi connectivity index (χ0) is 25.4. The zero-order valence-electron chi connectivity index (χ0n) is 19.1. The average molecular weight is 515 g/mol. The minimum Gasteiger partial charge on any atom is -0.497 e. The minimum absolute atomic E-state index is 0.0648. The highest BCUT2D eigenvalue weighted by molar-refractivity contribution is 7.78. The van der Waals surface area contributed by atoms with E-state index in [1.54, 1.807) is 32.9 Å². The van der Waals surface area contributed by atoms with E-state index in [0.717, 1.165) is 0 Å². The average Bonchev–Trinajstić information content (AvgIpc) is 2.71. The molecule has 0 aliphatic carbocycles. The lowest BCUT2D eigenvalue weighted by Gasteiger charge is -2.45. The molecular weight excluding hydrogens is 488 g/mol. The van der Waals surface area contributed by atoms with Gasteiger partial charge in [-0.1, -0.05) is 6.07 Å². The Labute approximate surface area is 196 Å². The van der Waals surface area contributed by atoms with Gasteiger partial charge in [0, 0.05) is 18.8 Å². The molecule has 0 bridgehead atoms. The van der Waals surface area contributed by atoms with E-state index < -0.39 is 44.5 Å². The van der Waals surface area contributed by atoms with Gasteiger partial charge in [-0.05, 0) is 56.9 Å². The molecule has 1 saturated heterocycles. The highest BCUT2D eigenvalue weighted by atomic mass is 31.2. The van der Waals surface area contributed by atoms with Crippen LogP contribution in [0.4, 0.5) is 4.79 Å². The summed E-state index contributed by atoms with van der Waals surface area (Å²) in [7, 11) is -7.87. The number of methoxy groups -OCH3 is 1. The van der Waals surface area contributed by atoms with Gasteiger partial charge < -0.3 is 29.1 Å². The van der Waals surface area contributed by atoms with Crippen molar-refractivity contribution < 1.29 is 47.5 Å². The quantitative estimate of drug-likeness (QED) is 0.303. The van der Waals surface area contributed by atoms with E-state index in [4.69, 9.17) is 23.3 Å². The summed E-state index contributed by atoms with van der Waals surface area (Å²) in [4.78, 5) is 37.8. The fraction of sp³-hybridized carbons (Fsp3) is 0.381. The second-order valence-corrected chi connectivity index (χ2v) is 13.2. The molecular formula is C21H27NO10P2. The number of carbonyl (C=O) groups excluding carboxylic acids is 1. The van der Waals surface area contributed by atoms with Crippen molar-refractivity contribution in [3.63, 3.8) is 0 Å². The lowest BCUT2D eigenvalue weighted by Crippen LogP contribution is -2.38. The molecule has 3 N–H and O–H groups in total. The molecule has 3 rings (SSSR count). The summed E-state index contributed by atoms with van der Waals surface area (Å²) in [6, 6.07) is 7.24. The van der Waals surface area contributed by atoms with Crippen molar-refractivity contribution in [2.45, 2.75) is 44.2 Å². The van der Waals surface area contributed by atoms with Crippen LogP contribution in [0.1, 0.15) is 38.2 Å². The fourth-order valence-corrected chi connectivity index (χ4v) is 7.05. The van der Waals surface area contributed by atoms with E-state index in [-0.39, 0.29) is 17.1 Å². The van der Waals surface area contributed by atoms with Crippen LogP contribution in [-0.4, -0.2) is 50.1 Å². The van der Waals surface area contributed by atoms with Crippen LogP contribution in [0.3, 0.4) is 0 Å².